The summed E-state index contributed by atoms with van der Waals surface area (Å²) >= 11 is 0. The Morgan fingerprint density at radius 1 is 1.18 bits per heavy atom. The lowest BCUT2D eigenvalue weighted by molar-refractivity contribution is 0.581. The predicted octanol–water partition coefficient (Wildman–Crippen LogP) is -0.438. The Kier molecular flexibility index (Phi) is 4.26. The number of nitrogens with two attached hydrogens (primary N) is 1. The molecule has 17 heavy (non-hydrogen) atoms. The van der Waals surface area contributed by atoms with Crippen molar-refractivity contribution in [2.45, 2.75) is 11.8 Å². The second-order valence-corrected chi connectivity index (χ2v) is 7.00. The molecule has 0 aliphatic heterocycles. The first-order chi connectivity index (χ1) is 7.72. The highest BCUT2D eigenvalue weighted by Crippen LogP contribution is 2.13. The van der Waals surface area contributed by atoms with Crippen molar-refractivity contribution in [3.8, 4) is 0 Å². The molecule has 0 amide bonds. The minimum Gasteiger partial charge on any atom is -0.229 e. The fourth-order valence-corrected chi connectivity index (χ4v) is 3.05. The summed E-state index contributed by atoms with van der Waals surface area (Å²) in [6.07, 6.45) is 0. The minimum atomic E-state index is -3.68. The van der Waals surface area contributed by atoms with Crippen LogP contribution in [-0.2, 0) is 20.0 Å². The maximum atomic E-state index is 11.8. The molecule has 0 radical (unpaired) electrons. The van der Waals surface area contributed by atoms with Crippen LogP contribution in [0.5, 0.6) is 0 Å². The van der Waals surface area contributed by atoms with Gasteiger partial charge in [-0.3, -0.25) is 0 Å². The fraction of sp³-hybridized carbons (Fsp3) is 0.333. The van der Waals surface area contributed by atoms with Crippen LogP contribution in [-0.4, -0.2) is 29.1 Å². The molecule has 0 bridgehead atoms. The Labute approximate surface area is 101 Å². The summed E-state index contributed by atoms with van der Waals surface area (Å²) in [5, 5.41) is 4.77. The van der Waals surface area contributed by atoms with E-state index in [9.17, 15) is 16.8 Å². The van der Waals surface area contributed by atoms with E-state index in [1.807, 2.05) is 0 Å². The number of rotatable bonds is 5. The van der Waals surface area contributed by atoms with Gasteiger partial charge in [-0.1, -0.05) is 18.2 Å². The number of benzene rings is 1. The van der Waals surface area contributed by atoms with Crippen molar-refractivity contribution < 1.29 is 16.8 Å². The standard InChI is InChI=1S/C9H14N2O4S2/c1-8-4-2-3-5-9(8)17(14,15)11-6-7-16(10,12)13/h2-5,11H,6-7H2,1H3,(H2,10,12,13). The lowest BCUT2D eigenvalue weighted by Gasteiger charge is -2.08. The van der Waals surface area contributed by atoms with Crippen LogP contribution < -0.4 is 9.86 Å². The molecule has 0 heterocycles. The average molecular weight is 278 g/mol. The summed E-state index contributed by atoms with van der Waals surface area (Å²) in [5.74, 6) is -0.432. The zero-order chi connectivity index (χ0) is 13.1. The SMILES string of the molecule is Cc1ccccc1S(=O)(=O)NCCS(N)(=O)=O. The summed E-state index contributed by atoms with van der Waals surface area (Å²) in [5.41, 5.74) is 0.593. The Morgan fingerprint density at radius 2 is 1.76 bits per heavy atom. The fourth-order valence-electron chi connectivity index (χ4n) is 1.25. The van der Waals surface area contributed by atoms with Crippen LogP contribution in [0.25, 0.3) is 0 Å². The molecule has 8 heteroatoms. The normalized spacial score (nSPS) is 12.6. The van der Waals surface area contributed by atoms with Gasteiger partial charge in [-0.25, -0.2) is 26.7 Å². The lowest BCUT2D eigenvalue weighted by atomic mass is 10.2. The maximum absolute atomic E-state index is 11.8. The molecule has 1 aromatic carbocycles. The van der Waals surface area contributed by atoms with E-state index in [2.05, 4.69) is 4.72 Å². The van der Waals surface area contributed by atoms with Gasteiger partial charge in [0.2, 0.25) is 20.0 Å². The van der Waals surface area contributed by atoms with E-state index >= 15 is 0 Å². The average Bonchev–Trinajstić information content (AvgIpc) is 2.15. The van der Waals surface area contributed by atoms with E-state index in [4.69, 9.17) is 5.14 Å². The van der Waals surface area contributed by atoms with Crippen molar-refractivity contribution in [2.75, 3.05) is 12.3 Å². The maximum Gasteiger partial charge on any atom is 0.240 e. The van der Waals surface area contributed by atoms with E-state index in [0.717, 1.165) is 0 Å². The highest BCUT2D eigenvalue weighted by Gasteiger charge is 2.16. The first kappa shape index (κ1) is 14.1. The second-order valence-electron chi connectivity index (χ2n) is 3.53. The summed E-state index contributed by atoms with van der Waals surface area (Å²) in [6.45, 7) is 1.42. The third-order valence-corrected chi connectivity index (χ3v) is 4.46. The highest BCUT2D eigenvalue weighted by molar-refractivity contribution is 7.90. The van der Waals surface area contributed by atoms with E-state index in [1.165, 1.54) is 6.07 Å². The molecule has 0 aliphatic rings. The third kappa shape index (κ3) is 4.43. The molecular weight excluding hydrogens is 264 g/mol. The molecule has 0 fully saturated rings. The van der Waals surface area contributed by atoms with Gasteiger partial charge in [-0.15, -0.1) is 0 Å². The molecule has 0 aromatic heterocycles. The summed E-state index contributed by atoms with van der Waals surface area (Å²) in [6, 6.07) is 6.43. The second kappa shape index (κ2) is 5.13. The zero-order valence-electron chi connectivity index (χ0n) is 9.25. The van der Waals surface area contributed by atoms with Crippen molar-refractivity contribution in [3.05, 3.63) is 29.8 Å². The first-order valence-electron chi connectivity index (χ1n) is 4.78. The Bertz CT molecular complexity index is 593. The summed E-state index contributed by atoms with van der Waals surface area (Å²) < 4.78 is 47.1. The summed E-state index contributed by atoms with van der Waals surface area (Å²) in [4.78, 5) is 0.134. The number of primary sulfonamides is 1. The topological polar surface area (TPSA) is 106 Å². The smallest absolute Gasteiger partial charge is 0.229 e. The van der Waals surface area contributed by atoms with Gasteiger partial charge in [0, 0.05) is 6.54 Å². The van der Waals surface area contributed by atoms with Crippen LogP contribution in [0.1, 0.15) is 5.56 Å². The Hall–Kier alpha value is -0.960. The zero-order valence-corrected chi connectivity index (χ0v) is 10.9. The van der Waals surface area contributed by atoms with Crippen LogP contribution in [0.4, 0.5) is 0 Å². The third-order valence-electron chi connectivity index (χ3n) is 2.06. The van der Waals surface area contributed by atoms with Gasteiger partial charge < -0.3 is 0 Å². The van der Waals surface area contributed by atoms with Crippen molar-refractivity contribution in [2.24, 2.45) is 5.14 Å². The van der Waals surface area contributed by atoms with Crippen LogP contribution in [0.3, 0.4) is 0 Å². The molecule has 0 aliphatic carbocycles. The van der Waals surface area contributed by atoms with Gasteiger partial charge in [-0.05, 0) is 18.6 Å². The molecule has 3 N–H and O–H groups in total. The van der Waals surface area contributed by atoms with Crippen molar-refractivity contribution in [1.29, 1.82) is 0 Å². The summed E-state index contributed by atoms with van der Waals surface area (Å²) in [7, 11) is -7.35. The van der Waals surface area contributed by atoms with Crippen LogP contribution >= 0.6 is 0 Å². The Balaban J connectivity index is 2.81. The minimum absolute atomic E-state index is 0.134. The molecular formula is C9H14N2O4S2. The van der Waals surface area contributed by atoms with E-state index in [-0.39, 0.29) is 11.4 Å². The van der Waals surface area contributed by atoms with Crippen molar-refractivity contribution in [1.82, 2.24) is 4.72 Å². The number of sulfonamides is 2. The quantitative estimate of drug-likeness (QED) is 0.761. The van der Waals surface area contributed by atoms with E-state index in [1.54, 1.807) is 25.1 Å². The lowest BCUT2D eigenvalue weighted by Crippen LogP contribution is -2.31. The number of hydrogen-bond acceptors (Lipinski definition) is 4. The number of nitrogens with one attached hydrogen (secondary N) is 1. The van der Waals surface area contributed by atoms with Gasteiger partial charge in [0.05, 0.1) is 10.6 Å². The van der Waals surface area contributed by atoms with Gasteiger partial charge in [0.25, 0.3) is 0 Å². The highest BCUT2D eigenvalue weighted by atomic mass is 32.2. The van der Waals surface area contributed by atoms with E-state index < -0.39 is 25.8 Å². The molecule has 0 saturated carbocycles. The van der Waals surface area contributed by atoms with Crippen molar-refractivity contribution >= 4 is 20.0 Å². The molecule has 1 rings (SSSR count). The molecule has 1 aromatic rings. The number of aryl methyl sites for hydroxylation is 1. The molecule has 6 nitrogen and oxygen atoms in total. The van der Waals surface area contributed by atoms with E-state index in [0.29, 0.717) is 5.56 Å². The monoisotopic (exact) mass is 278 g/mol. The van der Waals surface area contributed by atoms with Crippen LogP contribution in [0.2, 0.25) is 0 Å². The predicted molar refractivity (Wildman–Crippen MR) is 64.3 cm³/mol. The molecule has 0 atom stereocenters. The molecule has 0 saturated heterocycles. The number of hydrogen-bond donors (Lipinski definition) is 2. The van der Waals surface area contributed by atoms with Crippen LogP contribution in [0, 0.1) is 6.92 Å². The molecule has 0 unspecified atom stereocenters. The van der Waals surface area contributed by atoms with Gasteiger partial charge in [0.1, 0.15) is 0 Å². The van der Waals surface area contributed by atoms with Gasteiger partial charge >= 0.3 is 0 Å². The van der Waals surface area contributed by atoms with Gasteiger partial charge in [0.15, 0.2) is 0 Å². The van der Waals surface area contributed by atoms with Crippen LogP contribution in [0.15, 0.2) is 29.2 Å². The van der Waals surface area contributed by atoms with Gasteiger partial charge in [-0.2, -0.15) is 0 Å². The van der Waals surface area contributed by atoms with Crippen molar-refractivity contribution in [3.63, 3.8) is 0 Å². The molecule has 0 spiro atoms. The molecule has 96 valence electrons. The Morgan fingerprint density at radius 3 is 2.29 bits per heavy atom. The largest absolute Gasteiger partial charge is 0.240 e. The first-order valence-corrected chi connectivity index (χ1v) is 7.98.